The highest BCUT2D eigenvalue weighted by molar-refractivity contribution is 5.86. The molecule has 1 aromatic heterocycles. The molecular weight excluding hydrogens is 319 g/mol. The smallest absolute Gasteiger partial charge is 0.263 e. The first-order chi connectivity index (χ1) is 12.1. The summed E-state index contributed by atoms with van der Waals surface area (Å²) < 4.78 is 18.7. The summed E-state index contributed by atoms with van der Waals surface area (Å²) in [5, 5.41) is 1.17. The van der Waals surface area contributed by atoms with Gasteiger partial charge in [-0.25, -0.2) is 4.39 Å². The molecule has 1 unspecified atom stereocenters. The average Bonchev–Trinajstić information content (AvgIpc) is 3.01. The van der Waals surface area contributed by atoms with Crippen LogP contribution in [0.3, 0.4) is 0 Å². The van der Waals surface area contributed by atoms with Gasteiger partial charge in [0, 0.05) is 41.7 Å². The zero-order valence-electron chi connectivity index (χ0n) is 14.0. The average molecular weight is 338 g/mol. The van der Waals surface area contributed by atoms with Crippen molar-refractivity contribution < 1.29 is 13.9 Å². The summed E-state index contributed by atoms with van der Waals surface area (Å²) in [4.78, 5) is 18.0. The van der Waals surface area contributed by atoms with Gasteiger partial charge in [-0.15, -0.1) is 0 Å². The standard InChI is InChI=1S/C20H19FN2O2/c1-13(25-15-8-6-14(21)7-9-15)20(24)23-11-10-19-17(12-23)16-4-2-3-5-18(16)22-19/h2-9,13,22H,10-12H2,1H3. The number of halogens is 1. The lowest BCUT2D eigenvalue weighted by molar-refractivity contribution is -0.138. The second kappa shape index (κ2) is 6.24. The number of carbonyl (C=O) groups excluding carboxylic acids is 1. The van der Waals surface area contributed by atoms with Crippen LogP contribution in [-0.2, 0) is 17.8 Å². The molecule has 3 aromatic rings. The maximum absolute atomic E-state index is 13.0. The molecule has 1 amide bonds. The van der Waals surface area contributed by atoms with E-state index in [-0.39, 0.29) is 11.7 Å². The van der Waals surface area contributed by atoms with Gasteiger partial charge in [-0.3, -0.25) is 4.79 Å². The number of carbonyl (C=O) groups is 1. The monoisotopic (exact) mass is 338 g/mol. The first kappa shape index (κ1) is 15.7. The number of amides is 1. The Morgan fingerprint density at radius 2 is 1.96 bits per heavy atom. The van der Waals surface area contributed by atoms with Gasteiger partial charge in [0.2, 0.25) is 0 Å². The Hall–Kier alpha value is -2.82. The molecule has 0 saturated heterocycles. The molecule has 2 heterocycles. The zero-order valence-corrected chi connectivity index (χ0v) is 14.0. The third-order valence-corrected chi connectivity index (χ3v) is 4.67. The van der Waals surface area contributed by atoms with Crippen molar-refractivity contribution in [2.45, 2.75) is 26.0 Å². The van der Waals surface area contributed by atoms with E-state index in [2.05, 4.69) is 17.1 Å². The number of fused-ring (bicyclic) bond motifs is 3. The Morgan fingerprint density at radius 3 is 2.76 bits per heavy atom. The molecule has 1 aliphatic heterocycles. The third kappa shape index (κ3) is 2.97. The first-order valence-corrected chi connectivity index (χ1v) is 8.41. The molecule has 128 valence electrons. The summed E-state index contributed by atoms with van der Waals surface area (Å²) in [6.45, 7) is 2.97. The number of hydrogen-bond donors (Lipinski definition) is 1. The van der Waals surface area contributed by atoms with Crippen LogP contribution in [0, 0.1) is 5.82 Å². The minimum absolute atomic E-state index is 0.0553. The molecule has 0 radical (unpaired) electrons. The second-order valence-electron chi connectivity index (χ2n) is 6.35. The Morgan fingerprint density at radius 1 is 1.20 bits per heavy atom. The van der Waals surface area contributed by atoms with E-state index < -0.39 is 6.10 Å². The highest BCUT2D eigenvalue weighted by atomic mass is 19.1. The van der Waals surface area contributed by atoms with Crippen LogP contribution in [0.4, 0.5) is 4.39 Å². The van der Waals surface area contributed by atoms with Crippen molar-refractivity contribution >= 4 is 16.8 Å². The normalized spacial score (nSPS) is 15.0. The SMILES string of the molecule is CC(Oc1ccc(F)cc1)C(=O)N1CCc2[nH]c3ccccc3c2C1. The second-order valence-corrected chi connectivity index (χ2v) is 6.35. The van der Waals surface area contributed by atoms with Crippen molar-refractivity contribution in [3.63, 3.8) is 0 Å². The lowest BCUT2D eigenvalue weighted by Crippen LogP contribution is -2.43. The Labute approximate surface area is 145 Å². The summed E-state index contributed by atoms with van der Waals surface area (Å²) >= 11 is 0. The van der Waals surface area contributed by atoms with Gasteiger partial charge in [-0.2, -0.15) is 0 Å². The van der Waals surface area contributed by atoms with Crippen LogP contribution in [0.15, 0.2) is 48.5 Å². The minimum atomic E-state index is -0.614. The summed E-state index contributed by atoms with van der Waals surface area (Å²) in [5.41, 5.74) is 3.50. The molecule has 0 saturated carbocycles. The highest BCUT2D eigenvalue weighted by Gasteiger charge is 2.27. The van der Waals surface area contributed by atoms with Gasteiger partial charge >= 0.3 is 0 Å². The van der Waals surface area contributed by atoms with Crippen LogP contribution in [0.1, 0.15) is 18.2 Å². The van der Waals surface area contributed by atoms with Crippen LogP contribution < -0.4 is 4.74 Å². The summed E-state index contributed by atoms with van der Waals surface area (Å²) in [6, 6.07) is 13.9. The van der Waals surface area contributed by atoms with Crippen molar-refractivity contribution in [2.24, 2.45) is 0 Å². The molecule has 4 nitrogen and oxygen atoms in total. The number of para-hydroxylation sites is 1. The number of benzene rings is 2. The third-order valence-electron chi connectivity index (χ3n) is 4.67. The number of nitrogens with one attached hydrogen (secondary N) is 1. The fraction of sp³-hybridized carbons (Fsp3) is 0.250. The van der Waals surface area contributed by atoms with Crippen molar-refractivity contribution in [2.75, 3.05) is 6.54 Å². The molecule has 0 spiro atoms. The first-order valence-electron chi connectivity index (χ1n) is 8.41. The zero-order chi connectivity index (χ0) is 17.4. The predicted molar refractivity (Wildman–Crippen MR) is 93.9 cm³/mol. The van der Waals surface area contributed by atoms with Gasteiger partial charge in [0.1, 0.15) is 11.6 Å². The van der Waals surface area contributed by atoms with Gasteiger partial charge in [-0.1, -0.05) is 18.2 Å². The molecule has 0 fully saturated rings. The van der Waals surface area contributed by atoms with Crippen LogP contribution in [-0.4, -0.2) is 28.4 Å². The number of hydrogen-bond acceptors (Lipinski definition) is 2. The number of ether oxygens (including phenoxy) is 1. The molecule has 5 heteroatoms. The molecule has 1 N–H and O–H groups in total. The van der Waals surface area contributed by atoms with Crippen molar-refractivity contribution in [1.29, 1.82) is 0 Å². The van der Waals surface area contributed by atoms with Crippen molar-refractivity contribution in [3.05, 3.63) is 65.6 Å². The fourth-order valence-electron chi connectivity index (χ4n) is 3.38. The van der Waals surface area contributed by atoms with E-state index in [1.165, 1.54) is 40.9 Å². The minimum Gasteiger partial charge on any atom is -0.481 e. The summed E-state index contributed by atoms with van der Waals surface area (Å²) in [6.07, 6.45) is 0.191. The number of nitrogens with zero attached hydrogens (tertiary/aromatic N) is 1. The number of H-pyrrole nitrogens is 1. The van der Waals surface area contributed by atoms with E-state index in [9.17, 15) is 9.18 Å². The molecule has 25 heavy (non-hydrogen) atoms. The van der Waals surface area contributed by atoms with E-state index in [0.717, 1.165) is 11.9 Å². The van der Waals surface area contributed by atoms with Gasteiger partial charge in [0.05, 0.1) is 0 Å². The maximum atomic E-state index is 13.0. The van der Waals surface area contributed by atoms with Gasteiger partial charge in [0.15, 0.2) is 6.10 Å². The maximum Gasteiger partial charge on any atom is 0.263 e. The Bertz CT molecular complexity index is 917. The van der Waals surface area contributed by atoms with Crippen LogP contribution in [0.5, 0.6) is 5.75 Å². The molecule has 2 aromatic carbocycles. The van der Waals surface area contributed by atoms with Crippen LogP contribution in [0.2, 0.25) is 0 Å². The molecular formula is C20H19FN2O2. The quantitative estimate of drug-likeness (QED) is 0.792. The topological polar surface area (TPSA) is 45.3 Å². The summed E-state index contributed by atoms with van der Waals surface area (Å²) in [5.74, 6) is 0.113. The lowest BCUT2D eigenvalue weighted by Gasteiger charge is -2.29. The van der Waals surface area contributed by atoms with Gasteiger partial charge < -0.3 is 14.6 Å². The van der Waals surface area contributed by atoms with E-state index in [0.29, 0.717) is 18.8 Å². The van der Waals surface area contributed by atoms with E-state index in [1.54, 1.807) is 6.92 Å². The van der Waals surface area contributed by atoms with Gasteiger partial charge in [-0.05, 0) is 37.3 Å². The summed E-state index contributed by atoms with van der Waals surface area (Å²) in [7, 11) is 0. The van der Waals surface area contributed by atoms with E-state index >= 15 is 0 Å². The molecule has 0 aliphatic carbocycles. The van der Waals surface area contributed by atoms with E-state index in [1.807, 2.05) is 17.0 Å². The Kier molecular flexibility index (Phi) is 3.92. The number of aromatic nitrogens is 1. The van der Waals surface area contributed by atoms with Gasteiger partial charge in [0.25, 0.3) is 5.91 Å². The molecule has 1 aliphatic rings. The largest absolute Gasteiger partial charge is 0.481 e. The Balaban J connectivity index is 1.50. The predicted octanol–water partition coefficient (Wildman–Crippen LogP) is 3.66. The number of aromatic amines is 1. The molecule has 0 bridgehead atoms. The van der Waals surface area contributed by atoms with Crippen molar-refractivity contribution in [3.8, 4) is 5.75 Å². The molecule has 4 rings (SSSR count). The van der Waals surface area contributed by atoms with Crippen molar-refractivity contribution in [1.82, 2.24) is 9.88 Å². The fourth-order valence-corrected chi connectivity index (χ4v) is 3.38. The van der Waals surface area contributed by atoms with E-state index in [4.69, 9.17) is 4.74 Å². The highest BCUT2D eigenvalue weighted by Crippen LogP contribution is 2.28. The molecule has 1 atom stereocenters. The van der Waals surface area contributed by atoms with Crippen LogP contribution in [0.25, 0.3) is 10.9 Å². The lowest BCUT2D eigenvalue weighted by atomic mass is 10.0. The van der Waals surface area contributed by atoms with Crippen LogP contribution >= 0.6 is 0 Å². The number of rotatable bonds is 3.